The van der Waals surface area contributed by atoms with Crippen LogP contribution in [-0.2, 0) is 47.9 Å². The Hall–Kier alpha value is -4.86. The summed E-state index contributed by atoms with van der Waals surface area (Å²) < 4.78 is 204. The monoisotopic (exact) mass is 1080 g/mol. The van der Waals surface area contributed by atoms with Crippen LogP contribution in [0.5, 0.6) is 0 Å². The molecule has 396 valence electrons. The number of carbonyl (C=O) groups is 4. The van der Waals surface area contributed by atoms with E-state index in [1.54, 1.807) is 28.2 Å². The average Bonchev–Trinajstić information content (AvgIpc) is 3.14. The van der Waals surface area contributed by atoms with Crippen LogP contribution in [0.2, 0.25) is 0 Å². The average molecular weight is 1080 g/mol. The number of rotatable bonds is 3. The number of piperidine rings is 1. The van der Waals surface area contributed by atoms with Crippen LogP contribution in [0.3, 0.4) is 0 Å². The predicted octanol–water partition coefficient (Wildman–Crippen LogP) is 9.60. The number of nitrogens with one attached hydrogen (secondary N) is 1. The number of alkyl halides is 12. The van der Waals surface area contributed by atoms with Crippen molar-refractivity contribution in [3.63, 3.8) is 0 Å². The maximum Gasteiger partial charge on any atom is 0.417 e. The zero-order chi connectivity index (χ0) is 54.2. The number of likely N-dealkylation sites (tertiary alicyclic amines) is 1. The van der Waals surface area contributed by atoms with Crippen molar-refractivity contribution in [2.45, 2.75) is 69.9 Å². The van der Waals surface area contributed by atoms with Gasteiger partial charge in [-0.15, -0.1) is 12.4 Å². The second kappa shape index (κ2) is 26.0. The molecule has 2 N–H and O–H groups in total. The minimum Gasteiger partial charge on any atom is -0.481 e. The number of allylic oxidation sites excluding steroid dienone is 1. The van der Waals surface area contributed by atoms with Crippen LogP contribution in [0.4, 0.5) is 87.5 Å². The van der Waals surface area contributed by atoms with Gasteiger partial charge in [0.05, 0.1) is 11.1 Å². The molecule has 0 atom stereocenters. The molecule has 70 heavy (non-hydrogen) atoms. The maximum absolute atomic E-state index is 12.5. The van der Waals surface area contributed by atoms with Crippen molar-refractivity contribution in [1.82, 2.24) is 30.0 Å². The molecule has 1 saturated heterocycles. The molecule has 1 fully saturated rings. The van der Waals surface area contributed by atoms with E-state index in [9.17, 15) is 97.0 Å². The zero-order valence-corrected chi connectivity index (χ0v) is 38.5. The molecule has 0 bridgehead atoms. The third-order valence-corrected chi connectivity index (χ3v) is 8.03. The van der Waals surface area contributed by atoms with E-state index in [0.29, 0.717) is 68.7 Å². The fraction of sp³-hybridized carbons (Fsp3) is 0.528. The summed E-state index contributed by atoms with van der Waals surface area (Å²) >= 11 is 0. The summed E-state index contributed by atoms with van der Waals surface area (Å²) in [6.07, 6.45) is -13.5. The number of halogens is 19. The van der Waals surface area contributed by atoms with E-state index in [0.717, 1.165) is 43.1 Å². The fourth-order valence-corrected chi connectivity index (χ4v) is 5.16. The van der Waals surface area contributed by atoms with Crippen molar-refractivity contribution in [3.05, 3.63) is 69.9 Å². The maximum atomic E-state index is 12.5. The number of hydrogen-bond donors (Lipinski definition) is 2. The molecular weight excluding hydrogens is 1040 g/mol. The second-order valence-electron chi connectivity index (χ2n) is 14.7. The van der Waals surface area contributed by atoms with Gasteiger partial charge in [-0.1, -0.05) is 0 Å². The van der Waals surface area contributed by atoms with E-state index in [2.05, 4.69) is 15.3 Å². The largest absolute Gasteiger partial charge is 0.481 e. The summed E-state index contributed by atoms with van der Waals surface area (Å²) in [5, 5.41) is 10.5. The molecule has 0 spiro atoms. The molecule has 3 aliphatic heterocycles. The summed E-state index contributed by atoms with van der Waals surface area (Å²) in [5.41, 5.74) is 0.299. The first-order valence-electron chi connectivity index (χ1n) is 19.0. The van der Waals surface area contributed by atoms with E-state index < -0.39 is 73.2 Å². The molecule has 3 aliphatic rings. The molecule has 2 aromatic rings. The topological polar surface area (TPSA) is 139 Å². The number of aromatic nitrogens is 2. The number of Topliss-reactive ketones (excluding diaryl/α,β-unsaturated/α-hetero) is 1. The van der Waals surface area contributed by atoms with Gasteiger partial charge < -0.3 is 25.1 Å². The molecule has 12 nitrogen and oxygen atoms in total. The van der Waals surface area contributed by atoms with E-state index in [-0.39, 0.29) is 24.7 Å². The Morgan fingerprint density at radius 1 is 0.757 bits per heavy atom. The Bertz CT molecular complexity index is 2120. The van der Waals surface area contributed by atoms with Crippen LogP contribution >= 0.6 is 20.2 Å². The van der Waals surface area contributed by atoms with Crippen molar-refractivity contribution < 1.29 is 107 Å². The number of aliphatic carboxylic acids is 1. The molecule has 2 aromatic heterocycles. The quantitative estimate of drug-likeness (QED) is 0.101. The van der Waals surface area contributed by atoms with Crippen molar-refractivity contribution in [3.8, 4) is 0 Å². The molecule has 34 heteroatoms. The van der Waals surface area contributed by atoms with Gasteiger partial charge in [-0.2, -0.15) is 52.7 Å². The van der Waals surface area contributed by atoms with Gasteiger partial charge in [-0.3, -0.25) is 29.1 Å². The van der Waals surface area contributed by atoms with Crippen LogP contribution in [-0.4, -0.2) is 146 Å². The summed E-state index contributed by atoms with van der Waals surface area (Å²) in [5.74, 6) is -2.68. The first-order valence-corrected chi connectivity index (χ1v) is 21.0. The minimum absolute atomic E-state index is 0. The molecule has 4 radical (unpaired) electrons. The second-order valence-corrected chi connectivity index (χ2v) is 16.7. The van der Waals surface area contributed by atoms with Gasteiger partial charge in [0.15, 0.2) is 17.8 Å². The standard InChI is InChI=1S/C10H8BF3N2O.C9H9F3N2.C8H14F3N2.C6H8BNO2.C3H3F3O2.ClH.F6P/c11-9(17)16-2-1-8-6(5-16)3-7(4-15-8)10(12,13)14;10-9(11,12)7-3-6-4-13-2-1-8(6)14-5-7;1-12(2)5-7(6-13(3)4)8(9,10)11;7-6(10)8-3-1-5(9)2-4-8;4-3(5,6)1-2(7)8;;1-7(2,3,4,5)6/h3-4H,1-2,5H2;3,5,13H,1-2,4H2;5-6H,1-4H3;1-4H2;1H2,(H,7,8);1H;/q;;+1;;;;-1. The fourth-order valence-electron chi connectivity index (χ4n) is 5.16. The van der Waals surface area contributed by atoms with Gasteiger partial charge in [0.2, 0.25) is 15.7 Å². The Labute approximate surface area is 396 Å². The van der Waals surface area contributed by atoms with E-state index in [1.165, 1.54) is 25.3 Å². The van der Waals surface area contributed by atoms with Gasteiger partial charge >= 0.3 is 63.7 Å². The number of fused-ring (bicyclic) bond motifs is 2. The van der Waals surface area contributed by atoms with Crippen molar-refractivity contribution in [1.29, 1.82) is 0 Å². The van der Waals surface area contributed by atoms with E-state index >= 15 is 0 Å². The van der Waals surface area contributed by atoms with E-state index in [4.69, 9.17) is 20.8 Å². The van der Waals surface area contributed by atoms with Crippen LogP contribution < -0.4 is 5.32 Å². The summed E-state index contributed by atoms with van der Waals surface area (Å²) in [6.45, 7) is 2.72. The van der Waals surface area contributed by atoms with Crippen LogP contribution in [0.25, 0.3) is 0 Å². The number of carbonyl (C=O) groups excluding carboxylic acids is 3. The molecule has 5 heterocycles. The molecule has 0 aliphatic carbocycles. The number of carboxylic acids is 1. The third kappa shape index (κ3) is 32.9. The SMILES string of the molecule is CN(C)/C=C(/C=[N+](C)C)C(F)(F)F.Cl.FC(F)(F)c1cnc2c(c1)CNCC2.F[P-](F)(F)(F)(F)F.O=C(O)CC(F)(F)F.[B]C(=O)N1CCC(=O)CC1.[B]C(=O)N1CCc2ncc(C(F)(F)F)cc2C1. The summed E-state index contributed by atoms with van der Waals surface area (Å²) in [4.78, 5) is 53.2. The molecule has 0 unspecified atom stereocenters. The van der Waals surface area contributed by atoms with Crippen LogP contribution in [0, 0.1) is 0 Å². The van der Waals surface area contributed by atoms with Gasteiger partial charge in [0.25, 0.3) is 0 Å². The van der Waals surface area contributed by atoms with Crippen molar-refractivity contribution in [2.24, 2.45) is 0 Å². The molecular formula is C36H43B2ClF18N7O5P. The number of pyridine rings is 2. The Morgan fingerprint density at radius 2 is 1.17 bits per heavy atom. The Kier molecular flexibility index (Phi) is 25.0. The summed E-state index contributed by atoms with van der Waals surface area (Å²) in [6, 6.07) is 2.20. The van der Waals surface area contributed by atoms with Gasteiger partial charge in [0.1, 0.15) is 31.9 Å². The van der Waals surface area contributed by atoms with Gasteiger partial charge in [0, 0.05) is 109 Å². The number of hydrogen-bond acceptors (Lipinski definition) is 8. The molecule has 0 aromatic carbocycles. The number of nitrogens with zero attached hydrogens (tertiary/aromatic N) is 6. The predicted molar refractivity (Wildman–Crippen MR) is 221 cm³/mol. The van der Waals surface area contributed by atoms with Crippen LogP contribution in [0.1, 0.15) is 52.9 Å². The third-order valence-electron chi connectivity index (χ3n) is 8.03. The minimum atomic E-state index is -10.7. The molecule has 0 saturated carbocycles. The Morgan fingerprint density at radius 3 is 1.51 bits per heavy atom. The van der Waals surface area contributed by atoms with Gasteiger partial charge in [-0.05, 0) is 23.3 Å². The Balaban J connectivity index is 0. The van der Waals surface area contributed by atoms with Gasteiger partial charge in [-0.25, -0.2) is 4.58 Å². The van der Waals surface area contributed by atoms with Crippen molar-refractivity contribution >= 4 is 65.5 Å². The smallest absolute Gasteiger partial charge is 0.417 e. The molecule has 2 amide bonds. The normalized spacial score (nSPS) is 15.8. The number of ketones is 1. The first-order chi connectivity index (χ1) is 30.7. The number of amides is 2. The number of carboxylic acid groups (broad SMARTS) is 1. The molecule has 5 rings (SSSR count). The zero-order valence-electron chi connectivity index (χ0n) is 36.8. The van der Waals surface area contributed by atoms with Crippen molar-refractivity contribution in [2.75, 3.05) is 54.4 Å². The van der Waals surface area contributed by atoms with Crippen LogP contribution in [0.15, 0.2) is 36.3 Å². The first kappa shape index (κ1) is 67.2. The summed E-state index contributed by atoms with van der Waals surface area (Å²) in [7, 11) is 5.63. The van der Waals surface area contributed by atoms with E-state index in [1.807, 2.05) is 0 Å².